The molecule has 0 fully saturated rings. The van der Waals surface area contributed by atoms with Crippen LogP contribution in [0.25, 0.3) is 11.1 Å². The van der Waals surface area contributed by atoms with Gasteiger partial charge in [0.25, 0.3) is 0 Å². The fraction of sp³-hybridized carbons (Fsp3) is 0.0714. The summed E-state index contributed by atoms with van der Waals surface area (Å²) in [4.78, 5) is 0. The SMILES string of the molecule is COc1ccc(-c2cc(F)cc(C#N)c2)cc1N. The Kier molecular flexibility index (Phi) is 3.16. The van der Waals surface area contributed by atoms with Crippen molar-refractivity contribution in [3.63, 3.8) is 0 Å². The lowest BCUT2D eigenvalue weighted by Crippen LogP contribution is -1.93. The largest absolute Gasteiger partial charge is 0.495 e. The minimum atomic E-state index is -0.446. The van der Waals surface area contributed by atoms with Crippen LogP contribution in [-0.2, 0) is 0 Å². The van der Waals surface area contributed by atoms with E-state index in [0.717, 1.165) is 5.56 Å². The average Bonchev–Trinajstić information content (AvgIpc) is 2.37. The number of hydrogen-bond donors (Lipinski definition) is 1. The van der Waals surface area contributed by atoms with Crippen molar-refractivity contribution in [3.8, 4) is 22.9 Å². The van der Waals surface area contributed by atoms with Crippen molar-refractivity contribution in [2.75, 3.05) is 12.8 Å². The number of anilines is 1. The molecule has 0 aliphatic carbocycles. The summed E-state index contributed by atoms with van der Waals surface area (Å²) in [5.41, 5.74) is 7.89. The molecule has 0 amide bonds. The summed E-state index contributed by atoms with van der Waals surface area (Å²) in [5, 5.41) is 8.81. The average molecular weight is 242 g/mol. The Morgan fingerprint density at radius 3 is 2.56 bits per heavy atom. The molecule has 3 nitrogen and oxygen atoms in total. The van der Waals surface area contributed by atoms with Gasteiger partial charge in [-0.3, -0.25) is 0 Å². The number of methoxy groups -OCH3 is 1. The monoisotopic (exact) mass is 242 g/mol. The molecule has 0 aliphatic heterocycles. The topological polar surface area (TPSA) is 59.0 Å². The molecule has 0 saturated carbocycles. The third kappa shape index (κ3) is 2.25. The summed E-state index contributed by atoms with van der Waals surface area (Å²) in [7, 11) is 1.53. The van der Waals surface area contributed by atoms with Gasteiger partial charge in [0.15, 0.2) is 0 Å². The van der Waals surface area contributed by atoms with Crippen molar-refractivity contribution in [2.45, 2.75) is 0 Å². The minimum absolute atomic E-state index is 0.277. The number of nitriles is 1. The van der Waals surface area contributed by atoms with Crippen molar-refractivity contribution in [1.82, 2.24) is 0 Å². The Balaban J connectivity index is 2.52. The standard InChI is InChI=1S/C14H11FN2O/c1-18-14-3-2-10(7-13(14)17)11-4-9(8-16)5-12(15)6-11/h2-7H,17H2,1H3. The molecule has 18 heavy (non-hydrogen) atoms. The molecule has 0 aromatic heterocycles. The van der Waals surface area contributed by atoms with Crippen molar-refractivity contribution < 1.29 is 9.13 Å². The van der Waals surface area contributed by atoms with Crippen molar-refractivity contribution >= 4 is 5.69 Å². The van der Waals surface area contributed by atoms with Gasteiger partial charge in [0, 0.05) is 0 Å². The van der Waals surface area contributed by atoms with Gasteiger partial charge in [-0.15, -0.1) is 0 Å². The number of ether oxygens (including phenoxy) is 1. The van der Waals surface area contributed by atoms with Gasteiger partial charge in [-0.1, -0.05) is 6.07 Å². The van der Waals surface area contributed by atoms with E-state index in [0.29, 0.717) is 17.0 Å². The third-order valence-electron chi connectivity index (χ3n) is 2.59. The molecule has 0 aliphatic rings. The van der Waals surface area contributed by atoms with E-state index in [1.54, 1.807) is 24.3 Å². The minimum Gasteiger partial charge on any atom is -0.495 e. The summed E-state index contributed by atoms with van der Waals surface area (Å²) in [6.07, 6.45) is 0. The molecule has 0 spiro atoms. The molecule has 90 valence electrons. The van der Waals surface area contributed by atoms with Gasteiger partial charge in [-0.05, 0) is 41.5 Å². The van der Waals surface area contributed by atoms with E-state index in [-0.39, 0.29) is 5.56 Å². The molecule has 0 atom stereocenters. The number of hydrogen-bond acceptors (Lipinski definition) is 3. The second-order valence-electron chi connectivity index (χ2n) is 3.80. The van der Waals surface area contributed by atoms with E-state index in [2.05, 4.69) is 0 Å². The summed E-state index contributed by atoms with van der Waals surface area (Å²) < 4.78 is 18.4. The van der Waals surface area contributed by atoms with Crippen LogP contribution in [0.5, 0.6) is 5.75 Å². The van der Waals surface area contributed by atoms with E-state index in [4.69, 9.17) is 15.7 Å². The molecule has 0 saturated heterocycles. The Labute approximate surface area is 104 Å². The van der Waals surface area contributed by atoms with Crippen LogP contribution in [0.4, 0.5) is 10.1 Å². The van der Waals surface area contributed by atoms with E-state index in [9.17, 15) is 4.39 Å². The van der Waals surface area contributed by atoms with Crippen molar-refractivity contribution in [1.29, 1.82) is 5.26 Å². The predicted molar refractivity (Wildman–Crippen MR) is 67.5 cm³/mol. The number of nitrogen functional groups attached to an aromatic ring is 1. The van der Waals surface area contributed by atoms with Crippen LogP contribution in [0.3, 0.4) is 0 Å². The summed E-state index contributed by atoms with van der Waals surface area (Å²) in [6, 6.07) is 11.3. The predicted octanol–water partition coefficient (Wildman–Crippen LogP) is 2.96. The van der Waals surface area contributed by atoms with Crippen LogP contribution < -0.4 is 10.5 Å². The van der Waals surface area contributed by atoms with E-state index in [1.165, 1.54) is 19.2 Å². The quantitative estimate of drug-likeness (QED) is 0.823. The van der Waals surface area contributed by atoms with Crippen LogP contribution in [-0.4, -0.2) is 7.11 Å². The van der Waals surface area contributed by atoms with Crippen LogP contribution in [0, 0.1) is 17.1 Å². The van der Waals surface area contributed by atoms with E-state index < -0.39 is 5.82 Å². The highest BCUT2D eigenvalue weighted by Crippen LogP contribution is 2.29. The van der Waals surface area contributed by atoms with Gasteiger partial charge >= 0.3 is 0 Å². The molecule has 0 heterocycles. The number of rotatable bonds is 2. The fourth-order valence-corrected chi connectivity index (χ4v) is 1.73. The first-order chi connectivity index (χ1) is 8.63. The van der Waals surface area contributed by atoms with E-state index >= 15 is 0 Å². The van der Waals surface area contributed by atoms with Gasteiger partial charge in [0.05, 0.1) is 24.4 Å². The second kappa shape index (κ2) is 4.76. The summed E-state index contributed by atoms with van der Waals surface area (Å²) in [6.45, 7) is 0. The number of benzene rings is 2. The van der Waals surface area contributed by atoms with Gasteiger partial charge < -0.3 is 10.5 Å². The van der Waals surface area contributed by atoms with Gasteiger partial charge in [0.1, 0.15) is 11.6 Å². The second-order valence-corrected chi connectivity index (χ2v) is 3.80. The molecule has 2 aromatic carbocycles. The molecule has 0 radical (unpaired) electrons. The molecular weight excluding hydrogens is 231 g/mol. The Hall–Kier alpha value is -2.54. The molecule has 2 rings (SSSR count). The smallest absolute Gasteiger partial charge is 0.141 e. The Morgan fingerprint density at radius 2 is 1.94 bits per heavy atom. The Morgan fingerprint density at radius 1 is 1.17 bits per heavy atom. The first-order valence-electron chi connectivity index (χ1n) is 5.28. The van der Waals surface area contributed by atoms with E-state index in [1.807, 2.05) is 6.07 Å². The van der Waals surface area contributed by atoms with Crippen LogP contribution in [0.15, 0.2) is 36.4 Å². The zero-order valence-corrected chi connectivity index (χ0v) is 9.77. The van der Waals surface area contributed by atoms with Gasteiger partial charge in [-0.2, -0.15) is 5.26 Å². The van der Waals surface area contributed by atoms with Crippen LogP contribution in [0.1, 0.15) is 5.56 Å². The zero-order valence-electron chi connectivity index (χ0n) is 9.77. The lowest BCUT2D eigenvalue weighted by atomic mass is 10.0. The lowest BCUT2D eigenvalue weighted by molar-refractivity contribution is 0.417. The first kappa shape index (κ1) is 11.9. The number of halogens is 1. The Bertz CT molecular complexity index is 632. The highest BCUT2D eigenvalue weighted by Gasteiger charge is 2.06. The van der Waals surface area contributed by atoms with Crippen molar-refractivity contribution in [2.24, 2.45) is 0 Å². The highest BCUT2D eigenvalue weighted by molar-refractivity contribution is 5.71. The number of nitrogens with zero attached hydrogens (tertiary/aromatic N) is 1. The molecule has 0 bridgehead atoms. The maximum atomic E-state index is 13.3. The highest BCUT2D eigenvalue weighted by atomic mass is 19.1. The maximum Gasteiger partial charge on any atom is 0.141 e. The lowest BCUT2D eigenvalue weighted by Gasteiger charge is -2.08. The molecule has 0 unspecified atom stereocenters. The molecule has 2 N–H and O–H groups in total. The third-order valence-corrected chi connectivity index (χ3v) is 2.59. The van der Waals surface area contributed by atoms with Gasteiger partial charge in [0.2, 0.25) is 0 Å². The molecular formula is C14H11FN2O. The normalized spacial score (nSPS) is 9.83. The van der Waals surface area contributed by atoms with Gasteiger partial charge in [-0.25, -0.2) is 4.39 Å². The van der Waals surface area contributed by atoms with Crippen molar-refractivity contribution in [3.05, 3.63) is 47.8 Å². The maximum absolute atomic E-state index is 13.3. The summed E-state index contributed by atoms with van der Waals surface area (Å²) in [5.74, 6) is 0.120. The summed E-state index contributed by atoms with van der Waals surface area (Å²) >= 11 is 0. The molecule has 4 heteroatoms. The van der Waals surface area contributed by atoms with Crippen LogP contribution in [0.2, 0.25) is 0 Å². The first-order valence-corrected chi connectivity index (χ1v) is 5.28. The molecule has 2 aromatic rings. The fourth-order valence-electron chi connectivity index (χ4n) is 1.73. The zero-order chi connectivity index (χ0) is 13.1. The van der Waals surface area contributed by atoms with Crippen LogP contribution >= 0.6 is 0 Å². The number of nitrogens with two attached hydrogens (primary N) is 1.